The smallest absolute Gasteiger partial charge is 0.227 e. The molecular weight excluding hydrogens is 272 g/mol. The molecule has 2 heteroatoms. The van der Waals surface area contributed by atoms with Gasteiger partial charge in [-0.3, -0.25) is 4.79 Å². The van der Waals surface area contributed by atoms with Crippen LogP contribution in [0, 0.1) is 5.41 Å². The predicted octanol–water partition coefficient (Wildman–Crippen LogP) is 5.29. The summed E-state index contributed by atoms with van der Waals surface area (Å²) in [5.41, 5.74) is 3.56. The average molecular weight is 298 g/mol. The third-order valence-electron chi connectivity index (χ3n) is 5.71. The summed E-state index contributed by atoms with van der Waals surface area (Å²) in [5, 5.41) is 10.7. The Morgan fingerprint density at radius 2 is 1.82 bits per heavy atom. The van der Waals surface area contributed by atoms with E-state index in [2.05, 4.69) is 46.8 Å². The van der Waals surface area contributed by atoms with Crippen LogP contribution in [0.15, 0.2) is 29.5 Å². The molecule has 3 rings (SSSR count). The normalized spacial score (nSPS) is 26.9. The van der Waals surface area contributed by atoms with Gasteiger partial charge in [0, 0.05) is 11.0 Å². The van der Waals surface area contributed by atoms with E-state index in [0.29, 0.717) is 11.5 Å². The zero-order valence-corrected chi connectivity index (χ0v) is 14.3. The second-order valence-corrected chi connectivity index (χ2v) is 8.08. The summed E-state index contributed by atoms with van der Waals surface area (Å²) >= 11 is 0. The first-order chi connectivity index (χ1) is 10.2. The molecule has 1 aromatic carbocycles. The number of aliphatic hydroxyl groups excluding tert-OH is 1. The van der Waals surface area contributed by atoms with E-state index in [-0.39, 0.29) is 22.4 Å². The summed E-state index contributed by atoms with van der Waals surface area (Å²) in [6.45, 7) is 10.7. The summed E-state index contributed by atoms with van der Waals surface area (Å²) in [4.78, 5) is 12.8. The molecule has 1 N–H and O–H groups in total. The van der Waals surface area contributed by atoms with Crippen molar-refractivity contribution < 1.29 is 9.90 Å². The van der Waals surface area contributed by atoms with E-state index in [1.807, 2.05) is 6.07 Å². The van der Waals surface area contributed by atoms with Crippen molar-refractivity contribution in [3.05, 3.63) is 46.2 Å². The topological polar surface area (TPSA) is 37.3 Å². The number of allylic oxidation sites excluding steroid dienone is 2. The first-order valence-electron chi connectivity index (χ1n) is 8.32. The monoisotopic (exact) mass is 298 g/mol. The maximum Gasteiger partial charge on any atom is 0.227 e. The van der Waals surface area contributed by atoms with Crippen molar-refractivity contribution in [2.24, 2.45) is 5.41 Å². The van der Waals surface area contributed by atoms with Crippen LogP contribution in [-0.2, 0) is 5.41 Å². The van der Waals surface area contributed by atoms with Crippen molar-refractivity contribution in [1.82, 2.24) is 0 Å². The molecule has 0 aromatic heterocycles. The Hall–Kier alpha value is -1.57. The standard InChI is InChI=1S/C20H26O2/c1-12(2)13-7-8-15-14(11-13)16(21)17(22)18-19(3,4)9-6-10-20(15,18)5/h7-8,11-12,22H,6,9-10H2,1-5H3/t20-/m1/s1. The number of rotatable bonds is 1. The minimum absolute atomic E-state index is 0.000561. The van der Waals surface area contributed by atoms with Crippen molar-refractivity contribution in [1.29, 1.82) is 0 Å². The minimum Gasteiger partial charge on any atom is -0.504 e. The molecule has 1 fully saturated rings. The molecule has 0 bridgehead atoms. The SMILES string of the molecule is CC(C)c1ccc2c(c1)C(=O)C(O)=C1C(C)(C)CCC[C@@]12C. The molecule has 1 aromatic rings. The highest BCUT2D eigenvalue weighted by molar-refractivity contribution is 6.11. The van der Waals surface area contributed by atoms with Gasteiger partial charge in [0.2, 0.25) is 5.78 Å². The second kappa shape index (κ2) is 4.71. The van der Waals surface area contributed by atoms with Gasteiger partial charge < -0.3 is 5.11 Å². The van der Waals surface area contributed by atoms with Crippen molar-refractivity contribution in [2.45, 2.75) is 65.2 Å². The van der Waals surface area contributed by atoms with E-state index >= 15 is 0 Å². The second-order valence-electron chi connectivity index (χ2n) is 8.08. The van der Waals surface area contributed by atoms with Gasteiger partial charge in [-0.25, -0.2) is 0 Å². The molecule has 2 aliphatic rings. The highest BCUT2D eigenvalue weighted by Gasteiger charge is 2.50. The number of carbonyl (C=O) groups excluding carboxylic acids is 1. The Labute approximate surface area is 133 Å². The highest BCUT2D eigenvalue weighted by atomic mass is 16.3. The van der Waals surface area contributed by atoms with Crippen molar-refractivity contribution in [2.75, 3.05) is 0 Å². The molecule has 118 valence electrons. The van der Waals surface area contributed by atoms with Crippen LogP contribution in [0.4, 0.5) is 0 Å². The Kier molecular flexibility index (Phi) is 3.28. The summed E-state index contributed by atoms with van der Waals surface area (Å²) in [6, 6.07) is 6.25. The molecule has 0 amide bonds. The maximum atomic E-state index is 12.8. The number of hydrogen-bond donors (Lipinski definition) is 1. The van der Waals surface area contributed by atoms with E-state index in [1.165, 1.54) is 0 Å². The summed E-state index contributed by atoms with van der Waals surface area (Å²) < 4.78 is 0. The van der Waals surface area contributed by atoms with Crippen LogP contribution < -0.4 is 0 Å². The Morgan fingerprint density at radius 3 is 2.45 bits per heavy atom. The van der Waals surface area contributed by atoms with Gasteiger partial charge in [0.25, 0.3) is 0 Å². The van der Waals surface area contributed by atoms with Gasteiger partial charge in [-0.2, -0.15) is 0 Å². The van der Waals surface area contributed by atoms with Crippen LogP contribution in [0.2, 0.25) is 0 Å². The summed E-state index contributed by atoms with van der Waals surface area (Å²) in [6.07, 6.45) is 3.14. The van der Waals surface area contributed by atoms with E-state index < -0.39 is 0 Å². The molecular formula is C20H26O2. The fourth-order valence-corrected chi connectivity index (χ4v) is 4.56. The molecule has 1 saturated carbocycles. The number of benzene rings is 1. The van der Waals surface area contributed by atoms with Crippen LogP contribution in [0.3, 0.4) is 0 Å². The zero-order valence-electron chi connectivity index (χ0n) is 14.3. The average Bonchev–Trinajstić information content (AvgIpc) is 2.43. The number of fused-ring (bicyclic) bond motifs is 3. The van der Waals surface area contributed by atoms with Gasteiger partial charge in [0.1, 0.15) is 0 Å². The van der Waals surface area contributed by atoms with Crippen LogP contribution in [0.5, 0.6) is 0 Å². The Balaban J connectivity index is 2.27. The zero-order chi connectivity index (χ0) is 16.3. The molecule has 0 heterocycles. The molecule has 0 radical (unpaired) electrons. The Bertz CT molecular complexity index is 679. The predicted molar refractivity (Wildman–Crippen MR) is 89.5 cm³/mol. The minimum atomic E-state index is -0.218. The molecule has 2 nitrogen and oxygen atoms in total. The van der Waals surface area contributed by atoms with Gasteiger partial charge in [-0.15, -0.1) is 0 Å². The van der Waals surface area contributed by atoms with Crippen LogP contribution in [0.25, 0.3) is 0 Å². The van der Waals surface area contributed by atoms with Gasteiger partial charge in [0.05, 0.1) is 0 Å². The Morgan fingerprint density at radius 1 is 1.14 bits per heavy atom. The van der Waals surface area contributed by atoms with E-state index in [9.17, 15) is 9.90 Å². The van der Waals surface area contributed by atoms with Gasteiger partial charge in [0.15, 0.2) is 5.76 Å². The lowest BCUT2D eigenvalue weighted by molar-refractivity contribution is 0.0940. The van der Waals surface area contributed by atoms with Gasteiger partial charge >= 0.3 is 0 Å². The van der Waals surface area contributed by atoms with Crippen molar-refractivity contribution >= 4 is 5.78 Å². The highest BCUT2D eigenvalue weighted by Crippen LogP contribution is 2.56. The molecule has 0 spiro atoms. The fourth-order valence-electron chi connectivity index (χ4n) is 4.56. The number of carbonyl (C=O) groups is 1. The number of hydrogen-bond acceptors (Lipinski definition) is 2. The number of aliphatic hydroxyl groups is 1. The first-order valence-corrected chi connectivity index (χ1v) is 8.32. The lowest BCUT2D eigenvalue weighted by atomic mass is 9.54. The van der Waals surface area contributed by atoms with Gasteiger partial charge in [-0.1, -0.05) is 53.2 Å². The van der Waals surface area contributed by atoms with Crippen LogP contribution in [0.1, 0.15) is 81.3 Å². The molecule has 0 saturated heterocycles. The van der Waals surface area contributed by atoms with E-state index in [1.54, 1.807) is 0 Å². The molecule has 1 atom stereocenters. The lowest BCUT2D eigenvalue weighted by Gasteiger charge is -2.49. The number of Topliss-reactive ketones (excluding diaryl/α,β-unsaturated/α-hetero) is 1. The van der Waals surface area contributed by atoms with Crippen LogP contribution >= 0.6 is 0 Å². The lowest BCUT2D eigenvalue weighted by Crippen LogP contribution is -2.43. The third kappa shape index (κ3) is 1.96. The van der Waals surface area contributed by atoms with Gasteiger partial charge in [-0.05, 0) is 46.9 Å². The van der Waals surface area contributed by atoms with E-state index in [0.717, 1.165) is 36.0 Å². The maximum absolute atomic E-state index is 12.8. The first kappa shape index (κ1) is 15.3. The quantitative estimate of drug-likeness (QED) is 0.765. The largest absolute Gasteiger partial charge is 0.504 e. The van der Waals surface area contributed by atoms with Crippen LogP contribution in [-0.4, -0.2) is 10.9 Å². The molecule has 0 unspecified atom stereocenters. The summed E-state index contributed by atoms with van der Waals surface area (Å²) in [7, 11) is 0. The van der Waals surface area contributed by atoms with Crippen molar-refractivity contribution in [3.8, 4) is 0 Å². The fraction of sp³-hybridized carbons (Fsp3) is 0.550. The van der Waals surface area contributed by atoms with E-state index in [4.69, 9.17) is 0 Å². The van der Waals surface area contributed by atoms with Crippen molar-refractivity contribution in [3.63, 3.8) is 0 Å². The molecule has 22 heavy (non-hydrogen) atoms. The third-order valence-corrected chi connectivity index (χ3v) is 5.71. The molecule has 0 aliphatic heterocycles. The molecule has 2 aliphatic carbocycles. The number of ketones is 1. The summed E-state index contributed by atoms with van der Waals surface area (Å²) in [5.74, 6) is 0.182.